The molecule has 2 aromatic heterocycles. The number of rotatable bonds is 7. The lowest BCUT2D eigenvalue weighted by molar-refractivity contribution is 0.404. The molecule has 0 fully saturated rings. The van der Waals surface area contributed by atoms with Crippen LogP contribution in [0.2, 0.25) is 0 Å². The van der Waals surface area contributed by atoms with Gasteiger partial charge in [-0.15, -0.1) is 5.10 Å². The molecule has 0 aliphatic rings. The first-order valence-electron chi connectivity index (χ1n) is 6.89. The molecule has 6 nitrogen and oxygen atoms in total. The molecule has 0 saturated carbocycles. The van der Waals surface area contributed by atoms with Crippen LogP contribution >= 0.6 is 11.5 Å². The summed E-state index contributed by atoms with van der Waals surface area (Å²) in [7, 11) is 1.64. The van der Waals surface area contributed by atoms with Gasteiger partial charge in [0.25, 0.3) is 0 Å². The lowest BCUT2D eigenvalue weighted by atomic mass is 10.1. The Morgan fingerprint density at radius 3 is 2.85 bits per heavy atom. The predicted molar refractivity (Wildman–Crippen MR) is 79.0 cm³/mol. The van der Waals surface area contributed by atoms with Crippen molar-refractivity contribution in [2.75, 3.05) is 7.11 Å². The van der Waals surface area contributed by atoms with E-state index in [0.717, 1.165) is 47.8 Å². The molecule has 0 radical (unpaired) electrons. The second-order valence-corrected chi connectivity index (χ2v) is 5.42. The fourth-order valence-corrected chi connectivity index (χ4v) is 2.93. The number of methoxy groups -OCH3 is 1. The minimum Gasteiger partial charge on any atom is -0.493 e. The molecule has 7 heteroatoms. The van der Waals surface area contributed by atoms with Gasteiger partial charge in [-0.3, -0.25) is 4.68 Å². The summed E-state index contributed by atoms with van der Waals surface area (Å²) in [6.45, 7) is 5.05. The molecule has 110 valence electrons. The molecule has 0 bridgehead atoms. The van der Waals surface area contributed by atoms with Crippen LogP contribution in [0.25, 0.3) is 0 Å². The zero-order valence-electron chi connectivity index (χ0n) is 12.2. The van der Waals surface area contributed by atoms with Gasteiger partial charge in [0.2, 0.25) is 0 Å². The molecule has 0 spiro atoms. The molecular weight excluding hydrogens is 274 g/mol. The van der Waals surface area contributed by atoms with E-state index in [1.807, 2.05) is 4.68 Å². The lowest BCUT2D eigenvalue weighted by Gasteiger charge is -2.15. The van der Waals surface area contributed by atoms with E-state index in [1.165, 1.54) is 11.5 Å². The van der Waals surface area contributed by atoms with E-state index in [4.69, 9.17) is 10.5 Å². The second-order valence-electron chi connectivity index (χ2n) is 4.63. The van der Waals surface area contributed by atoms with Crippen molar-refractivity contribution >= 4 is 11.5 Å². The van der Waals surface area contributed by atoms with Crippen LogP contribution in [-0.4, -0.2) is 26.5 Å². The number of nitrogens with zero attached hydrogens (tertiary/aromatic N) is 4. The maximum absolute atomic E-state index is 6.43. The quantitative estimate of drug-likeness (QED) is 0.846. The molecule has 2 N–H and O–H groups in total. The molecule has 1 unspecified atom stereocenters. The van der Waals surface area contributed by atoms with Crippen LogP contribution in [0.15, 0.2) is 6.20 Å². The third kappa shape index (κ3) is 2.83. The molecule has 0 aliphatic carbocycles. The highest BCUT2D eigenvalue weighted by atomic mass is 32.1. The highest BCUT2D eigenvalue weighted by molar-refractivity contribution is 7.05. The van der Waals surface area contributed by atoms with Crippen LogP contribution in [0.3, 0.4) is 0 Å². The molecule has 1 atom stereocenters. The van der Waals surface area contributed by atoms with E-state index >= 15 is 0 Å². The first-order valence-corrected chi connectivity index (χ1v) is 7.66. The number of aryl methyl sites for hydroxylation is 2. The van der Waals surface area contributed by atoms with Crippen molar-refractivity contribution in [2.45, 2.75) is 45.7 Å². The van der Waals surface area contributed by atoms with Gasteiger partial charge in [0, 0.05) is 6.54 Å². The molecule has 2 aromatic rings. The number of hydrogen-bond donors (Lipinski definition) is 1. The summed E-state index contributed by atoms with van der Waals surface area (Å²) >= 11 is 1.36. The monoisotopic (exact) mass is 295 g/mol. The number of nitrogens with two attached hydrogens (primary N) is 1. The summed E-state index contributed by atoms with van der Waals surface area (Å²) in [5, 5.41) is 8.54. The second kappa shape index (κ2) is 6.81. The van der Waals surface area contributed by atoms with E-state index in [9.17, 15) is 0 Å². The standard InChI is InChI=1S/C13H21N5OS/c1-4-6-9-13(20-17-16-9)11(14)12-10(19-3)8-15-18(12)7-5-2/h8,11H,4-7,14H2,1-3H3. The molecule has 0 aliphatic heterocycles. The summed E-state index contributed by atoms with van der Waals surface area (Å²) in [6.07, 6.45) is 4.63. The number of ether oxygens (including phenoxy) is 1. The maximum atomic E-state index is 6.43. The van der Waals surface area contributed by atoms with Gasteiger partial charge in [-0.1, -0.05) is 24.8 Å². The van der Waals surface area contributed by atoms with Gasteiger partial charge in [-0.2, -0.15) is 5.10 Å². The first-order chi connectivity index (χ1) is 9.72. The molecule has 0 saturated heterocycles. The van der Waals surface area contributed by atoms with E-state index in [1.54, 1.807) is 13.3 Å². The largest absolute Gasteiger partial charge is 0.493 e. The van der Waals surface area contributed by atoms with Crippen LogP contribution in [0.5, 0.6) is 5.75 Å². The van der Waals surface area contributed by atoms with Gasteiger partial charge < -0.3 is 10.5 Å². The lowest BCUT2D eigenvalue weighted by Crippen LogP contribution is -2.18. The Kier molecular flexibility index (Phi) is 5.08. The zero-order valence-corrected chi connectivity index (χ0v) is 13.0. The summed E-state index contributed by atoms with van der Waals surface area (Å²) < 4.78 is 11.4. The highest BCUT2D eigenvalue weighted by Crippen LogP contribution is 2.31. The van der Waals surface area contributed by atoms with Crippen LogP contribution in [0, 0.1) is 0 Å². The van der Waals surface area contributed by atoms with E-state index in [2.05, 4.69) is 28.5 Å². The van der Waals surface area contributed by atoms with Crippen molar-refractivity contribution in [2.24, 2.45) is 5.73 Å². The van der Waals surface area contributed by atoms with Crippen molar-refractivity contribution in [3.63, 3.8) is 0 Å². The molecule has 20 heavy (non-hydrogen) atoms. The van der Waals surface area contributed by atoms with Gasteiger partial charge in [0.05, 0.1) is 29.9 Å². The van der Waals surface area contributed by atoms with Crippen LogP contribution in [-0.2, 0) is 13.0 Å². The Hall–Kier alpha value is -1.47. The molecule has 2 heterocycles. The maximum Gasteiger partial charge on any atom is 0.161 e. The molecule has 0 aromatic carbocycles. The first kappa shape index (κ1) is 14.9. The summed E-state index contributed by atoms with van der Waals surface area (Å²) in [5.74, 6) is 0.724. The Morgan fingerprint density at radius 2 is 2.20 bits per heavy atom. The van der Waals surface area contributed by atoms with Gasteiger partial charge in [0.1, 0.15) is 5.69 Å². The fraction of sp³-hybridized carbons (Fsp3) is 0.615. The molecule has 0 amide bonds. The average Bonchev–Trinajstić information content (AvgIpc) is 3.05. The SMILES string of the molecule is CCCc1nnsc1C(N)c1c(OC)cnn1CCC. The summed E-state index contributed by atoms with van der Waals surface area (Å²) in [5.41, 5.74) is 8.32. The number of aromatic nitrogens is 4. The van der Waals surface area contributed by atoms with E-state index in [0.29, 0.717) is 0 Å². The topological polar surface area (TPSA) is 78.8 Å². The van der Waals surface area contributed by atoms with Crippen LogP contribution in [0.1, 0.15) is 49.0 Å². The minimum absolute atomic E-state index is 0.291. The minimum atomic E-state index is -0.291. The normalized spacial score (nSPS) is 12.6. The summed E-state index contributed by atoms with van der Waals surface area (Å²) in [4.78, 5) is 1.00. The smallest absolute Gasteiger partial charge is 0.161 e. The van der Waals surface area contributed by atoms with Crippen molar-refractivity contribution in [3.8, 4) is 5.75 Å². The average molecular weight is 295 g/mol. The Labute approximate surface area is 123 Å². The Bertz CT molecular complexity index is 551. The summed E-state index contributed by atoms with van der Waals surface area (Å²) in [6, 6.07) is -0.291. The van der Waals surface area contributed by atoms with Gasteiger partial charge in [-0.05, 0) is 24.4 Å². The van der Waals surface area contributed by atoms with Crippen molar-refractivity contribution in [1.29, 1.82) is 0 Å². The van der Waals surface area contributed by atoms with Crippen LogP contribution in [0.4, 0.5) is 0 Å². The number of hydrogen-bond acceptors (Lipinski definition) is 6. The zero-order chi connectivity index (χ0) is 14.5. The van der Waals surface area contributed by atoms with Gasteiger partial charge >= 0.3 is 0 Å². The van der Waals surface area contributed by atoms with E-state index in [-0.39, 0.29) is 6.04 Å². The van der Waals surface area contributed by atoms with Crippen molar-refractivity contribution < 1.29 is 4.74 Å². The molecule has 2 rings (SSSR count). The Morgan fingerprint density at radius 1 is 1.40 bits per heavy atom. The van der Waals surface area contributed by atoms with E-state index < -0.39 is 0 Å². The van der Waals surface area contributed by atoms with Crippen LogP contribution < -0.4 is 10.5 Å². The Balaban J connectivity index is 2.38. The highest BCUT2D eigenvalue weighted by Gasteiger charge is 2.24. The fourth-order valence-electron chi connectivity index (χ4n) is 2.22. The molecular formula is C13H21N5OS. The third-order valence-electron chi connectivity index (χ3n) is 3.15. The van der Waals surface area contributed by atoms with Gasteiger partial charge in [0.15, 0.2) is 5.75 Å². The van der Waals surface area contributed by atoms with Gasteiger partial charge in [-0.25, -0.2) is 0 Å². The van der Waals surface area contributed by atoms with Crippen molar-refractivity contribution in [3.05, 3.63) is 22.5 Å². The third-order valence-corrected chi connectivity index (χ3v) is 4.00. The predicted octanol–water partition coefficient (Wildman–Crippen LogP) is 2.15. The van der Waals surface area contributed by atoms with Crippen molar-refractivity contribution in [1.82, 2.24) is 19.4 Å².